The lowest BCUT2D eigenvalue weighted by atomic mass is 9.88. The first-order chi connectivity index (χ1) is 7.24. The Balaban J connectivity index is 2.12. The van der Waals surface area contributed by atoms with Crippen molar-refractivity contribution in [3.8, 4) is 0 Å². The van der Waals surface area contributed by atoms with Crippen LogP contribution in [0.1, 0.15) is 25.7 Å². The van der Waals surface area contributed by atoms with Gasteiger partial charge in [-0.05, 0) is 24.0 Å². The van der Waals surface area contributed by atoms with Gasteiger partial charge in [0.15, 0.2) is 5.43 Å². The van der Waals surface area contributed by atoms with Gasteiger partial charge in [0.1, 0.15) is 0 Å². The van der Waals surface area contributed by atoms with E-state index in [1.165, 1.54) is 25.7 Å². The second-order valence-corrected chi connectivity index (χ2v) is 4.89. The molecule has 0 saturated heterocycles. The molecule has 0 atom stereocenters. The third kappa shape index (κ3) is 2.46. The van der Waals surface area contributed by atoms with Crippen molar-refractivity contribution in [2.75, 3.05) is 5.75 Å². The molecule has 0 unspecified atom stereocenters. The Morgan fingerprint density at radius 3 is 2.40 bits per heavy atom. The highest BCUT2D eigenvalue weighted by molar-refractivity contribution is 7.80. The second kappa shape index (κ2) is 4.44. The van der Waals surface area contributed by atoms with Gasteiger partial charge in [0.25, 0.3) is 0 Å². The van der Waals surface area contributed by atoms with Crippen molar-refractivity contribution >= 4 is 12.6 Å². The minimum Gasteiger partial charge on any atom is -0.353 e. The number of nitrogens with zero attached hydrogens (tertiary/aromatic N) is 1. The van der Waals surface area contributed by atoms with E-state index in [0.717, 1.165) is 12.3 Å². The molecular formula is C12H17NOS. The molecule has 15 heavy (non-hydrogen) atoms. The first-order valence-corrected chi connectivity index (χ1v) is 6.14. The van der Waals surface area contributed by atoms with Crippen LogP contribution in [0.25, 0.3) is 0 Å². The fourth-order valence-corrected chi connectivity index (χ4v) is 2.84. The molecule has 3 heteroatoms. The Bertz CT molecular complexity index is 359. The maximum Gasteiger partial charge on any atom is 0.181 e. The lowest BCUT2D eigenvalue weighted by molar-refractivity contribution is 0.289. The quantitative estimate of drug-likeness (QED) is 0.781. The molecular weight excluding hydrogens is 206 g/mol. The van der Waals surface area contributed by atoms with Gasteiger partial charge in [0.05, 0.1) is 0 Å². The highest BCUT2D eigenvalue weighted by Crippen LogP contribution is 2.40. The maximum atomic E-state index is 11.0. The summed E-state index contributed by atoms with van der Waals surface area (Å²) < 4.78 is 2.11. The molecule has 0 amide bonds. The van der Waals surface area contributed by atoms with Gasteiger partial charge in [0.2, 0.25) is 0 Å². The molecule has 1 aliphatic rings. The van der Waals surface area contributed by atoms with E-state index in [2.05, 4.69) is 17.2 Å². The zero-order chi connectivity index (χ0) is 10.7. The highest BCUT2D eigenvalue weighted by atomic mass is 32.1. The van der Waals surface area contributed by atoms with E-state index < -0.39 is 0 Å². The minimum absolute atomic E-state index is 0.0811. The van der Waals surface area contributed by atoms with E-state index >= 15 is 0 Å². The number of aromatic nitrogens is 1. The standard InChI is InChI=1S/C12H17NOS/c14-11-3-7-13(8-4-11)9-12(10-15)5-1-2-6-12/h3-4,7-8,15H,1-2,5-6,9-10H2. The molecule has 1 fully saturated rings. The van der Waals surface area contributed by atoms with Crippen LogP contribution in [-0.2, 0) is 6.54 Å². The summed E-state index contributed by atoms with van der Waals surface area (Å²) in [6.07, 6.45) is 8.93. The Morgan fingerprint density at radius 2 is 1.87 bits per heavy atom. The largest absolute Gasteiger partial charge is 0.353 e. The summed E-state index contributed by atoms with van der Waals surface area (Å²) in [5, 5.41) is 0. The van der Waals surface area contributed by atoms with Gasteiger partial charge >= 0.3 is 0 Å². The van der Waals surface area contributed by atoms with E-state index in [-0.39, 0.29) is 5.43 Å². The molecule has 0 spiro atoms. The van der Waals surface area contributed by atoms with E-state index in [9.17, 15) is 4.79 Å². The second-order valence-electron chi connectivity index (χ2n) is 4.57. The maximum absolute atomic E-state index is 11.0. The fraction of sp³-hybridized carbons (Fsp3) is 0.583. The number of rotatable bonds is 3. The highest BCUT2D eigenvalue weighted by Gasteiger charge is 2.32. The molecule has 0 bridgehead atoms. The number of hydrogen-bond donors (Lipinski definition) is 1. The summed E-state index contributed by atoms with van der Waals surface area (Å²) in [6, 6.07) is 3.25. The zero-order valence-electron chi connectivity index (χ0n) is 8.85. The summed E-state index contributed by atoms with van der Waals surface area (Å²) in [7, 11) is 0. The van der Waals surface area contributed by atoms with E-state index in [0.29, 0.717) is 5.41 Å². The smallest absolute Gasteiger partial charge is 0.181 e. The fourth-order valence-electron chi connectivity index (χ4n) is 2.43. The molecule has 1 saturated carbocycles. The van der Waals surface area contributed by atoms with Gasteiger partial charge < -0.3 is 4.57 Å². The van der Waals surface area contributed by atoms with Gasteiger partial charge in [-0.25, -0.2) is 0 Å². The predicted octanol–water partition coefficient (Wildman–Crippen LogP) is 2.34. The van der Waals surface area contributed by atoms with Crippen LogP contribution in [0.15, 0.2) is 29.3 Å². The van der Waals surface area contributed by atoms with Gasteiger partial charge in [0, 0.05) is 31.1 Å². The van der Waals surface area contributed by atoms with Crippen LogP contribution in [0.3, 0.4) is 0 Å². The lowest BCUT2D eigenvalue weighted by Gasteiger charge is -2.27. The van der Waals surface area contributed by atoms with Crippen molar-refractivity contribution < 1.29 is 0 Å². The van der Waals surface area contributed by atoms with Gasteiger partial charge in [-0.15, -0.1) is 0 Å². The summed E-state index contributed by atoms with van der Waals surface area (Å²) in [5.74, 6) is 0.944. The van der Waals surface area contributed by atoms with E-state index in [1.54, 1.807) is 12.1 Å². The molecule has 2 rings (SSSR count). The Hall–Kier alpha value is -0.700. The SMILES string of the molecule is O=c1ccn(CC2(CS)CCCC2)cc1. The van der Waals surface area contributed by atoms with Crippen LogP contribution in [0.2, 0.25) is 0 Å². The Labute approximate surface area is 95.7 Å². The zero-order valence-corrected chi connectivity index (χ0v) is 9.75. The van der Waals surface area contributed by atoms with Crippen molar-refractivity contribution in [2.24, 2.45) is 5.41 Å². The van der Waals surface area contributed by atoms with Crippen molar-refractivity contribution in [1.29, 1.82) is 0 Å². The summed E-state index contributed by atoms with van der Waals surface area (Å²) in [5.41, 5.74) is 0.440. The van der Waals surface area contributed by atoms with E-state index in [1.807, 2.05) is 12.4 Å². The Morgan fingerprint density at radius 1 is 1.27 bits per heavy atom. The average Bonchev–Trinajstić information content (AvgIpc) is 2.71. The van der Waals surface area contributed by atoms with Crippen molar-refractivity contribution in [1.82, 2.24) is 4.57 Å². The van der Waals surface area contributed by atoms with Gasteiger partial charge in [-0.1, -0.05) is 12.8 Å². The molecule has 82 valence electrons. The monoisotopic (exact) mass is 223 g/mol. The van der Waals surface area contributed by atoms with Crippen LogP contribution < -0.4 is 5.43 Å². The normalized spacial score (nSPS) is 19.3. The minimum atomic E-state index is 0.0811. The summed E-state index contributed by atoms with van der Waals surface area (Å²) >= 11 is 4.48. The average molecular weight is 223 g/mol. The van der Waals surface area contributed by atoms with Crippen LogP contribution in [0.5, 0.6) is 0 Å². The summed E-state index contributed by atoms with van der Waals surface area (Å²) in [6.45, 7) is 0.997. The van der Waals surface area contributed by atoms with Gasteiger partial charge in [-0.3, -0.25) is 4.79 Å². The summed E-state index contributed by atoms with van der Waals surface area (Å²) in [4.78, 5) is 11.0. The number of pyridine rings is 1. The molecule has 0 aromatic carbocycles. The van der Waals surface area contributed by atoms with E-state index in [4.69, 9.17) is 0 Å². The molecule has 0 radical (unpaired) electrons. The van der Waals surface area contributed by atoms with Crippen LogP contribution in [0, 0.1) is 5.41 Å². The molecule has 0 N–H and O–H groups in total. The number of hydrogen-bond acceptors (Lipinski definition) is 2. The van der Waals surface area contributed by atoms with Crippen LogP contribution in [0.4, 0.5) is 0 Å². The molecule has 2 nitrogen and oxygen atoms in total. The molecule has 1 heterocycles. The number of thiol groups is 1. The molecule has 1 aromatic heterocycles. The molecule has 1 aliphatic carbocycles. The van der Waals surface area contributed by atoms with Crippen molar-refractivity contribution in [3.63, 3.8) is 0 Å². The van der Waals surface area contributed by atoms with Crippen molar-refractivity contribution in [3.05, 3.63) is 34.7 Å². The topological polar surface area (TPSA) is 22.0 Å². The first-order valence-electron chi connectivity index (χ1n) is 5.51. The van der Waals surface area contributed by atoms with Gasteiger partial charge in [-0.2, -0.15) is 12.6 Å². The lowest BCUT2D eigenvalue weighted by Crippen LogP contribution is -2.25. The Kier molecular flexibility index (Phi) is 3.19. The van der Waals surface area contributed by atoms with Crippen LogP contribution >= 0.6 is 12.6 Å². The van der Waals surface area contributed by atoms with Crippen LogP contribution in [-0.4, -0.2) is 10.3 Å². The predicted molar refractivity (Wildman–Crippen MR) is 65.5 cm³/mol. The third-order valence-corrected chi connectivity index (χ3v) is 4.05. The molecule has 0 aliphatic heterocycles. The third-order valence-electron chi connectivity index (χ3n) is 3.38. The van der Waals surface area contributed by atoms with Crippen molar-refractivity contribution in [2.45, 2.75) is 32.2 Å². The first kappa shape index (κ1) is 10.8. The molecule has 1 aromatic rings.